The number of nitrogens with one attached hydrogen (secondary N) is 1. The molecule has 1 aliphatic carbocycles. The van der Waals surface area contributed by atoms with E-state index in [2.05, 4.69) is 15.4 Å². The van der Waals surface area contributed by atoms with E-state index in [9.17, 15) is 40.3 Å². The summed E-state index contributed by atoms with van der Waals surface area (Å²) >= 11 is 0. The van der Waals surface area contributed by atoms with Gasteiger partial charge in [-0.3, -0.25) is 9.59 Å². The number of fused-ring (bicyclic) bond motifs is 1. The van der Waals surface area contributed by atoms with Crippen molar-refractivity contribution in [3.63, 3.8) is 0 Å². The van der Waals surface area contributed by atoms with Gasteiger partial charge in [-0.15, -0.1) is 0 Å². The Bertz CT molecular complexity index is 1460. The normalized spacial score (nSPS) is 22.9. The number of hydrogen-bond donors (Lipinski definition) is 2. The average Bonchev–Trinajstić information content (AvgIpc) is 3.53. The number of amides is 2. The van der Waals surface area contributed by atoms with E-state index in [0.29, 0.717) is 6.07 Å². The molecule has 1 saturated carbocycles. The van der Waals surface area contributed by atoms with Gasteiger partial charge in [0.2, 0.25) is 11.8 Å². The predicted molar refractivity (Wildman–Crippen MR) is 123 cm³/mol. The van der Waals surface area contributed by atoms with E-state index in [1.165, 1.54) is 0 Å². The van der Waals surface area contributed by atoms with Crippen LogP contribution in [0.25, 0.3) is 16.8 Å². The molecule has 2 aromatic heterocycles. The van der Waals surface area contributed by atoms with Crippen molar-refractivity contribution in [1.82, 2.24) is 24.8 Å². The predicted octanol–water partition coefficient (Wildman–Crippen LogP) is 3.85. The van der Waals surface area contributed by atoms with Crippen molar-refractivity contribution in [3.8, 4) is 11.3 Å². The van der Waals surface area contributed by atoms with Crippen LogP contribution >= 0.6 is 0 Å². The number of nitrogen functional groups attached to an aromatic ring is 1. The number of hydrogen-bond acceptors (Lipinski definition) is 5. The molecule has 1 aromatic carbocycles. The third-order valence-electron chi connectivity index (χ3n) is 6.97. The number of carbonyl (C=O) groups excluding carboxylic acids is 2. The fourth-order valence-corrected chi connectivity index (χ4v) is 5.11. The number of likely N-dealkylation sites (tertiary alicyclic amines) is 1. The minimum atomic E-state index is -4.84. The summed E-state index contributed by atoms with van der Waals surface area (Å²) in [5.41, 5.74) is 3.21. The number of aromatic nitrogens is 3. The lowest BCUT2D eigenvalue weighted by atomic mass is 10.1. The first-order valence-electron chi connectivity index (χ1n) is 11.9. The van der Waals surface area contributed by atoms with Gasteiger partial charge < -0.3 is 16.0 Å². The second kappa shape index (κ2) is 9.38. The molecule has 8 nitrogen and oxygen atoms in total. The number of rotatable bonds is 4. The minimum absolute atomic E-state index is 0.0244. The van der Waals surface area contributed by atoms with Crippen LogP contribution in [0.2, 0.25) is 0 Å². The quantitative estimate of drug-likeness (QED) is 0.474. The molecule has 3 aromatic rings. The Hall–Kier alpha value is -3.91. The van der Waals surface area contributed by atoms with Crippen LogP contribution in [0.4, 0.5) is 36.6 Å². The number of benzene rings is 1. The van der Waals surface area contributed by atoms with Crippen molar-refractivity contribution in [3.05, 3.63) is 47.5 Å². The standard InChI is InChI=1S/C24H21F7N6O2/c25-14-4-12(18-6-15(24(29,30)31)19-20(32)33-10-34-37(18)19)3-13(5-14)21(38)35-17-9-36(8-16(17)26)22(39)11-1-2-23(27,28)7-11/h3-6,10-11,16-17H,1-2,7-9H2,(H,35,38)(H2,32,33,34)/t11?,16-,17+/m0/s1. The minimum Gasteiger partial charge on any atom is -0.382 e. The molecular weight excluding hydrogens is 537 g/mol. The van der Waals surface area contributed by atoms with Crippen LogP contribution < -0.4 is 11.1 Å². The average molecular weight is 558 g/mol. The number of nitrogens with two attached hydrogens (primary N) is 1. The highest BCUT2D eigenvalue weighted by Gasteiger charge is 2.46. The first-order valence-corrected chi connectivity index (χ1v) is 11.9. The zero-order valence-electron chi connectivity index (χ0n) is 20.0. The van der Waals surface area contributed by atoms with Crippen molar-refractivity contribution < 1.29 is 40.3 Å². The summed E-state index contributed by atoms with van der Waals surface area (Å²) in [7, 11) is 0. The summed E-state index contributed by atoms with van der Waals surface area (Å²) in [6, 6.07) is 2.30. The van der Waals surface area contributed by atoms with Gasteiger partial charge in [0.05, 0.1) is 23.8 Å². The smallest absolute Gasteiger partial charge is 0.382 e. The lowest BCUT2D eigenvalue weighted by Crippen LogP contribution is -2.42. The fraction of sp³-hybridized carbons (Fsp3) is 0.417. The summed E-state index contributed by atoms with van der Waals surface area (Å²) in [5.74, 6) is -6.90. The van der Waals surface area contributed by atoms with Crippen LogP contribution in [-0.4, -0.2) is 62.5 Å². The Morgan fingerprint density at radius 1 is 1.13 bits per heavy atom. The Morgan fingerprint density at radius 3 is 2.54 bits per heavy atom. The Kier molecular flexibility index (Phi) is 6.42. The van der Waals surface area contributed by atoms with Crippen LogP contribution in [0.5, 0.6) is 0 Å². The molecule has 1 unspecified atom stereocenters. The maximum Gasteiger partial charge on any atom is 0.418 e. The fourth-order valence-electron chi connectivity index (χ4n) is 5.11. The van der Waals surface area contributed by atoms with Gasteiger partial charge in [-0.05, 0) is 30.7 Å². The number of halogens is 7. The molecule has 3 heterocycles. The molecular formula is C24H21F7N6O2. The molecule has 1 saturated heterocycles. The van der Waals surface area contributed by atoms with E-state index in [1.807, 2.05) is 0 Å². The molecule has 0 bridgehead atoms. The van der Waals surface area contributed by atoms with Gasteiger partial charge in [0.25, 0.3) is 5.91 Å². The van der Waals surface area contributed by atoms with Crippen LogP contribution in [-0.2, 0) is 11.0 Å². The van der Waals surface area contributed by atoms with Gasteiger partial charge in [0, 0.05) is 36.4 Å². The molecule has 3 N–H and O–H groups in total. The Morgan fingerprint density at radius 2 is 1.87 bits per heavy atom. The van der Waals surface area contributed by atoms with Gasteiger partial charge >= 0.3 is 6.18 Å². The monoisotopic (exact) mass is 558 g/mol. The van der Waals surface area contributed by atoms with E-state index in [-0.39, 0.29) is 29.8 Å². The summed E-state index contributed by atoms with van der Waals surface area (Å²) in [6.45, 7) is -0.678. The zero-order chi connectivity index (χ0) is 28.3. The number of alkyl halides is 6. The third kappa shape index (κ3) is 5.08. The van der Waals surface area contributed by atoms with Crippen LogP contribution in [0.15, 0.2) is 30.6 Å². The number of nitrogens with zero attached hydrogens (tertiary/aromatic N) is 4. The molecule has 39 heavy (non-hydrogen) atoms. The van der Waals surface area contributed by atoms with Crippen molar-refractivity contribution >= 4 is 23.1 Å². The highest BCUT2D eigenvalue weighted by atomic mass is 19.4. The van der Waals surface area contributed by atoms with Crippen molar-refractivity contribution in [2.45, 2.75) is 43.6 Å². The second-order valence-electron chi connectivity index (χ2n) is 9.71. The maximum absolute atomic E-state index is 14.7. The molecule has 15 heteroatoms. The zero-order valence-corrected chi connectivity index (χ0v) is 20.0. The summed E-state index contributed by atoms with van der Waals surface area (Å²) in [5, 5.41) is 6.15. The van der Waals surface area contributed by atoms with Crippen molar-refractivity contribution in [2.75, 3.05) is 18.8 Å². The van der Waals surface area contributed by atoms with E-state index < -0.39 is 84.1 Å². The van der Waals surface area contributed by atoms with E-state index >= 15 is 0 Å². The van der Waals surface area contributed by atoms with Crippen LogP contribution in [0, 0.1) is 11.7 Å². The van der Waals surface area contributed by atoms with E-state index in [0.717, 1.165) is 33.9 Å². The van der Waals surface area contributed by atoms with Crippen LogP contribution in [0.1, 0.15) is 35.2 Å². The lowest BCUT2D eigenvalue weighted by molar-refractivity contribution is -0.136. The first kappa shape index (κ1) is 26.7. The molecule has 5 rings (SSSR count). The topological polar surface area (TPSA) is 106 Å². The number of anilines is 1. The summed E-state index contributed by atoms with van der Waals surface area (Å²) < 4.78 is 98.0. The molecule has 2 fully saturated rings. The molecule has 1 aliphatic heterocycles. The summed E-state index contributed by atoms with van der Waals surface area (Å²) in [4.78, 5) is 30.1. The lowest BCUT2D eigenvalue weighted by Gasteiger charge is -2.20. The molecule has 0 spiro atoms. The highest BCUT2D eigenvalue weighted by Crippen LogP contribution is 2.41. The first-order chi connectivity index (χ1) is 18.2. The van der Waals surface area contributed by atoms with Crippen molar-refractivity contribution in [2.24, 2.45) is 5.92 Å². The van der Waals surface area contributed by atoms with Gasteiger partial charge in [0.15, 0.2) is 5.82 Å². The second-order valence-corrected chi connectivity index (χ2v) is 9.71. The van der Waals surface area contributed by atoms with Gasteiger partial charge in [-0.2, -0.15) is 18.3 Å². The summed E-state index contributed by atoms with van der Waals surface area (Å²) in [6.07, 6.45) is -6.71. The largest absolute Gasteiger partial charge is 0.418 e. The van der Waals surface area contributed by atoms with Crippen LogP contribution in [0.3, 0.4) is 0 Å². The Balaban J connectivity index is 1.38. The molecule has 208 valence electrons. The van der Waals surface area contributed by atoms with Gasteiger partial charge in [0.1, 0.15) is 23.8 Å². The molecule has 0 radical (unpaired) electrons. The molecule has 2 amide bonds. The van der Waals surface area contributed by atoms with E-state index in [4.69, 9.17) is 5.73 Å². The SMILES string of the molecule is Nc1ncnn2c(-c3cc(F)cc(C(=O)N[C@@H]4CN(C(=O)C5CCC(F)(F)C5)C[C@@H]4F)c3)cc(C(F)(F)F)c12. The van der Waals surface area contributed by atoms with E-state index in [1.54, 1.807) is 0 Å². The number of carbonyl (C=O) groups is 2. The van der Waals surface area contributed by atoms with Gasteiger partial charge in [-0.1, -0.05) is 0 Å². The van der Waals surface area contributed by atoms with Crippen molar-refractivity contribution in [1.29, 1.82) is 0 Å². The molecule has 3 atom stereocenters. The van der Waals surface area contributed by atoms with Gasteiger partial charge in [-0.25, -0.2) is 27.1 Å². The Labute approximate surface area is 216 Å². The maximum atomic E-state index is 14.7. The third-order valence-corrected chi connectivity index (χ3v) is 6.97. The highest BCUT2D eigenvalue weighted by molar-refractivity contribution is 5.96. The molecule has 2 aliphatic rings.